The van der Waals surface area contributed by atoms with Gasteiger partial charge in [-0.1, -0.05) is 38.1 Å². The minimum absolute atomic E-state index is 0.0263. The Balaban J connectivity index is 1.85. The lowest BCUT2D eigenvalue weighted by molar-refractivity contribution is -0.115. The summed E-state index contributed by atoms with van der Waals surface area (Å²) in [5.41, 5.74) is 2.90. The number of anilines is 2. The Morgan fingerprint density at radius 1 is 1.17 bits per heavy atom. The first-order valence-electron chi connectivity index (χ1n) is 8.09. The Kier molecular flexibility index (Phi) is 6.15. The van der Waals surface area contributed by atoms with E-state index in [1.54, 1.807) is 6.20 Å². The van der Waals surface area contributed by atoms with E-state index in [1.165, 1.54) is 0 Å². The number of pyridine rings is 1. The molecule has 0 atom stereocenters. The molecule has 122 valence electrons. The summed E-state index contributed by atoms with van der Waals surface area (Å²) in [5, 5.41) is 6.17. The van der Waals surface area contributed by atoms with E-state index >= 15 is 0 Å². The second kappa shape index (κ2) is 8.32. The van der Waals surface area contributed by atoms with Gasteiger partial charge in [-0.2, -0.15) is 0 Å². The van der Waals surface area contributed by atoms with Crippen LogP contribution >= 0.6 is 0 Å². The van der Waals surface area contributed by atoms with E-state index in [0.29, 0.717) is 12.3 Å². The highest BCUT2D eigenvalue weighted by molar-refractivity contribution is 5.92. The fraction of sp³-hybridized carbons (Fsp3) is 0.368. The molecule has 0 unspecified atom stereocenters. The molecular weight excluding hydrogens is 286 g/mol. The predicted molar refractivity (Wildman–Crippen MR) is 95.7 cm³/mol. The predicted octanol–water partition coefficient (Wildman–Crippen LogP) is 4.03. The molecule has 23 heavy (non-hydrogen) atoms. The molecular formula is C19H25N3O. The maximum absolute atomic E-state index is 12.1. The molecule has 0 fully saturated rings. The maximum Gasteiger partial charge on any atom is 0.228 e. The van der Waals surface area contributed by atoms with Gasteiger partial charge in [0.15, 0.2) is 0 Å². The fourth-order valence-electron chi connectivity index (χ4n) is 2.25. The molecule has 0 bridgehead atoms. The summed E-state index contributed by atoms with van der Waals surface area (Å²) in [5.74, 6) is 1.48. The van der Waals surface area contributed by atoms with Gasteiger partial charge in [0, 0.05) is 6.54 Å². The normalized spacial score (nSPS) is 10.6. The molecule has 0 spiro atoms. The van der Waals surface area contributed by atoms with E-state index in [1.807, 2.05) is 43.3 Å². The maximum atomic E-state index is 12.1. The standard InChI is InChI=1S/C19H25N3O/c1-14(2)10-11-20-18-9-8-17(13-21-18)22-19(23)12-16-7-5-4-6-15(16)3/h4-9,13-14H,10-12H2,1-3H3,(H,20,21)(H,22,23). The summed E-state index contributed by atoms with van der Waals surface area (Å²) >= 11 is 0. The minimum Gasteiger partial charge on any atom is -0.370 e. The molecule has 0 aliphatic rings. The molecule has 2 aromatic rings. The average Bonchev–Trinajstić information content (AvgIpc) is 2.51. The number of hydrogen-bond donors (Lipinski definition) is 2. The summed E-state index contributed by atoms with van der Waals surface area (Å²) in [6.45, 7) is 7.32. The highest BCUT2D eigenvalue weighted by Gasteiger charge is 2.06. The molecule has 4 heteroatoms. The molecule has 0 aliphatic carbocycles. The van der Waals surface area contributed by atoms with Gasteiger partial charge in [-0.3, -0.25) is 4.79 Å². The highest BCUT2D eigenvalue weighted by atomic mass is 16.1. The Morgan fingerprint density at radius 3 is 2.61 bits per heavy atom. The van der Waals surface area contributed by atoms with Gasteiger partial charge in [0.1, 0.15) is 5.82 Å². The number of benzene rings is 1. The van der Waals surface area contributed by atoms with E-state index in [-0.39, 0.29) is 5.91 Å². The van der Waals surface area contributed by atoms with Crippen molar-refractivity contribution in [1.82, 2.24) is 4.98 Å². The Bertz CT molecular complexity index is 635. The lowest BCUT2D eigenvalue weighted by Gasteiger charge is -2.09. The average molecular weight is 311 g/mol. The smallest absolute Gasteiger partial charge is 0.228 e. The van der Waals surface area contributed by atoms with Crippen molar-refractivity contribution in [2.45, 2.75) is 33.6 Å². The van der Waals surface area contributed by atoms with Crippen LogP contribution in [0.3, 0.4) is 0 Å². The van der Waals surface area contributed by atoms with Crippen molar-refractivity contribution >= 4 is 17.4 Å². The van der Waals surface area contributed by atoms with Gasteiger partial charge < -0.3 is 10.6 Å². The summed E-state index contributed by atoms with van der Waals surface area (Å²) in [6.07, 6.45) is 3.17. The second-order valence-corrected chi connectivity index (χ2v) is 6.19. The van der Waals surface area contributed by atoms with Gasteiger partial charge in [-0.25, -0.2) is 4.98 Å². The van der Waals surface area contributed by atoms with Gasteiger partial charge in [0.05, 0.1) is 18.3 Å². The van der Waals surface area contributed by atoms with Crippen LogP contribution in [-0.4, -0.2) is 17.4 Å². The number of aryl methyl sites for hydroxylation is 1. The van der Waals surface area contributed by atoms with Crippen LogP contribution in [0.25, 0.3) is 0 Å². The molecule has 2 N–H and O–H groups in total. The number of nitrogens with one attached hydrogen (secondary N) is 2. The quantitative estimate of drug-likeness (QED) is 0.811. The zero-order valence-electron chi connectivity index (χ0n) is 14.1. The number of aromatic nitrogens is 1. The van der Waals surface area contributed by atoms with Crippen LogP contribution in [0.1, 0.15) is 31.4 Å². The molecule has 1 aromatic carbocycles. The Morgan fingerprint density at radius 2 is 1.96 bits per heavy atom. The number of hydrogen-bond acceptors (Lipinski definition) is 3. The van der Waals surface area contributed by atoms with E-state index in [9.17, 15) is 4.79 Å². The number of amides is 1. The first-order chi connectivity index (χ1) is 11.0. The van der Waals surface area contributed by atoms with Gasteiger partial charge in [-0.15, -0.1) is 0 Å². The Labute approximate surface area is 138 Å². The number of carbonyl (C=O) groups excluding carboxylic acids is 1. The van der Waals surface area contributed by atoms with Gasteiger partial charge >= 0.3 is 0 Å². The van der Waals surface area contributed by atoms with Crippen molar-refractivity contribution in [3.05, 3.63) is 53.7 Å². The van der Waals surface area contributed by atoms with Crippen LogP contribution in [0.15, 0.2) is 42.6 Å². The van der Waals surface area contributed by atoms with Crippen LogP contribution in [0.5, 0.6) is 0 Å². The second-order valence-electron chi connectivity index (χ2n) is 6.19. The first-order valence-corrected chi connectivity index (χ1v) is 8.09. The number of carbonyl (C=O) groups is 1. The zero-order chi connectivity index (χ0) is 16.7. The SMILES string of the molecule is Cc1ccccc1CC(=O)Nc1ccc(NCCC(C)C)nc1. The van der Waals surface area contributed by atoms with E-state index in [4.69, 9.17) is 0 Å². The molecule has 1 amide bonds. The van der Waals surface area contributed by atoms with Crippen LogP contribution in [0.2, 0.25) is 0 Å². The lowest BCUT2D eigenvalue weighted by atomic mass is 10.1. The van der Waals surface area contributed by atoms with Crippen LogP contribution in [-0.2, 0) is 11.2 Å². The fourth-order valence-corrected chi connectivity index (χ4v) is 2.25. The molecule has 0 radical (unpaired) electrons. The topological polar surface area (TPSA) is 54.0 Å². The lowest BCUT2D eigenvalue weighted by Crippen LogP contribution is -2.15. The van der Waals surface area contributed by atoms with Gasteiger partial charge in [0.25, 0.3) is 0 Å². The molecule has 2 rings (SSSR count). The van der Waals surface area contributed by atoms with Crippen LogP contribution < -0.4 is 10.6 Å². The summed E-state index contributed by atoms with van der Waals surface area (Å²) in [4.78, 5) is 16.4. The zero-order valence-corrected chi connectivity index (χ0v) is 14.1. The van der Waals surface area contributed by atoms with Gasteiger partial charge in [0.2, 0.25) is 5.91 Å². The monoisotopic (exact) mass is 311 g/mol. The van der Waals surface area contributed by atoms with E-state index < -0.39 is 0 Å². The summed E-state index contributed by atoms with van der Waals surface area (Å²) < 4.78 is 0. The number of rotatable bonds is 7. The van der Waals surface area contributed by atoms with Crippen molar-refractivity contribution < 1.29 is 4.79 Å². The molecule has 1 aromatic heterocycles. The summed E-state index contributed by atoms with van der Waals surface area (Å²) in [7, 11) is 0. The van der Waals surface area contributed by atoms with Gasteiger partial charge in [-0.05, 0) is 42.5 Å². The largest absolute Gasteiger partial charge is 0.370 e. The van der Waals surface area contributed by atoms with Crippen molar-refractivity contribution in [3.8, 4) is 0 Å². The summed E-state index contributed by atoms with van der Waals surface area (Å²) in [6, 6.07) is 11.7. The first kappa shape index (κ1) is 17.0. The van der Waals surface area contributed by atoms with Crippen molar-refractivity contribution in [2.24, 2.45) is 5.92 Å². The molecule has 4 nitrogen and oxygen atoms in total. The molecule has 0 saturated carbocycles. The molecule has 0 saturated heterocycles. The van der Waals surface area contributed by atoms with Crippen molar-refractivity contribution in [2.75, 3.05) is 17.2 Å². The minimum atomic E-state index is -0.0263. The number of nitrogens with zero attached hydrogens (tertiary/aromatic N) is 1. The third kappa shape index (κ3) is 5.74. The van der Waals surface area contributed by atoms with Crippen LogP contribution in [0, 0.1) is 12.8 Å². The molecule has 1 heterocycles. The van der Waals surface area contributed by atoms with Crippen LogP contribution in [0.4, 0.5) is 11.5 Å². The van der Waals surface area contributed by atoms with E-state index in [2.05, 4.69) is 29.5 Å². The van der Waals surface area contributed by atoms with Crippen molar-refractivity contribution in [1.29, 1.82) is 0 Å². The third-order valence-electron chi connectivity index (χ3n) is 3.69. The van der Waals surface area contributed by atoms with Crippen molar-refractivity contribution in [3.63, 3.8) is 0 Å². The highest BCUT2D eigenvalue weighted by Crippen LogP contribution is 2.12. The third-order valence-corrected chi connectivity index (χ3v) is 3.69. The van der Waals surface area contributed by atoms with E-state index in [0.717, 1.165) is 35.6 Å². The Hall–Kier alpha value is -2.36. The molecule has 0 aliphatic heterocycles.